The molecule has 2 fully saturated rings. The fourth-order valence-corrected chi connectivity index (χ4v) is 4.90. The molecule has 0 spiro atoms. The van der Waals surface area contributed by atoms with Gasteiger partial charge in [0.05, 0.1) is 0 Å². The third-order valence-corrected chi connectivity index (χ3v) is 5.88. The topological polar surface area (TPSA) is 87.7 Å². The number of aromatic nitrogens is 2. The number of imidazole rings is 1. The molecule has 25 heavy (non-hydrogen) atoms. The number of amides is 1. The minimum atomic E-state index is -0.763. The predicted octanol–water partition coefficient (Wildman–Crippen LogP) is 3.01. The Balaban J connectivity index is 1.33. The Labute approximate surface area is 145 Å². The van der Waals surface area contributed by atoms with E-state index < -0.39 is 6.09 Å². The highest BCUT2D eigenvalue weighted by atomic mass is 16.5. The number of H-pyrrole nitrogens is 1. The largest absolute Gasteiger partial charge is 0.465 e. The molecule has 1 amide bonds. The summed E-state index contributed by atoms with van der Waals surface area (Å²) in [6.07, 6.45) is 8.76. The first kappa shape index (κ1) is 14.9. The van der Waals surface area contributed by atoms with Crippen LogP contribution >= 0.6 is 0 Å². The van der Waals surface area contributed by atoms with Crippen molar-refractivity contribution in [1.29, 1.82) is 0 Å². The number of ether oxygens (including phenoxy) is 2. The molecule has 2 atom stereocenters. The number of nitrogens with one attached hydrogen (secondary N) is 1. The van der Waals surface area contributed by atoms with E-state index in [4.69, 9.17) is 14.5 Å². The molecule has 132 valence electrons. The lowest BCUT2D eigenvalue weighted by Gasteiger charge is -2.36. The Morgan fingerprint density at radius 3 is 2.76 bits per heavy atom. The molecule has 2 bridgehead atoms. The fourth-order valence-electron chi connectivity index (χ4n) is 4.90. The Morgan fingerprint density at radius 2 is 2.00 bits per heavy atom. The quantitative estimate of drug-likeness (QED) is 0.862. The minimum absolute atomic E-state index is 0.181. The molecule has 7 heteroatoms. The maximum atomic E-state index is 11.4. The molecular weight excluding hydrogens is 322 g/mol. The van der Waals surface area contributed by atoms with Gasteiger partial charge in [0.2, 0.25) is 0 Å². The van der Waals surface area contributed by atoms with Crippen molar-refractivity contribution in [2.24, 2.45) is 5.92 Å². The van der Waals surface area contributed by atoms with Gasteiger partial charge in [-0.3, -0.25) is 0 Å². The summed E-state index contributed by atoms with van der Waals surface area (Å²) in [5.74, 6) is 3.04. The number of nitrogens with zero attached hydrogens (tertiary/aromatic N) is 2. The van der Waals surface area contributed by atoms with Crippen LogP contribution < -0.4 is 0 Å². The van der Waals surface area contributed by atoms with Gasteiger partial charge in [-0.1, -0.05) is 0 Å². The molecule has 0 aromatic carbocycles. The minimum Gasteiger partial charge on any atom is -0.465 e. The summed E-state index contributed by atoms with van der Waals surface area (Å²) in [4.78, 5) is 21.3. The summed E-state index contributed by atoms with van der Waals surface area (Å²) in [6, 6.07) is 0.362. The van der Waals surface area contributed by atoms with Crippen molar-refractivity contribution < 1.29 is 19.4 Å². The SMILES string of the molecule is O=C(O)N1C2CCC1CC(Cc1nc3c([nH]1)CCC1=C3OC=CO1)C2. The number of fused-ring (bicyclic) bond motifs is 4. The highest BCUT2D eigenvalue weighted by Gasteiger charge is 2.43. The maximum absolute atomic E-state index is 11.4. The van der Waals surface area contributed by atoms with Gasteiger partial charge >= 0.3 is 6.09 Å². The van der Waals surface area contributed by atoms with E-state index in [-0.39, 0.29) is 12.1 Å². The van der Waals surface area contributed by atoms with Crippen LogP contribution in [-0.4, -0.2) is 38.2 Å². The normalized spacial score (nSPS) is 29.8. The van der Waals surface area contributed by atoms with Crippen molar-refractivity contribution in [3.05, 3.63) is 35.5 Å². The average Bonchev–Trinajstić information content (AvgIpc) is 3.13. The summed E-state index contributed by atoms with van der Waals surface area (Å²) in [5, 5.41) is 9.39. The van der Waals surface area contributed by atoms with Gasteiger partial charge in [-0.15, -0.1) is 0 Å². The van der Waals surface area contributed by atoms with Gasteiger partial charge in [-0.2, -0.15) is 0 Å². The first-order valence-electron chi connectivity index (χ1n) is 9.00. The number of carbonyl (C=O) groups is 1. The molecule has 1 aliphatic carbocycles. The zero-order chi connectivity index (χ0) is 17.0. The lowest BCUT2D eigenvalue weighted by atomic mass is 9.88. The molecule has 1 aromatic heterocycles. The maximum Gasteiger partial charge on any atom is 0.407 e. The third-order valence-electron chi connectivity index (χ3n) is 5.88. The van der Waals surface area contributed by atoms with E-state index in [1.165, 1.54) is 0 Å². The van der Waals surface area contributed by atoms with Crippen LogP contribution in [0.4, 0.5) is 4.79 Å². The molecule has 2 N–H and O–H groups in total. The standard InChI is InChI=1S/C18H21N3O4/c22-18(23)21-11-1-2-12(21)8-10(7-11)9-15-19-13-3-4-14-17(16(13)20-15)25-6-5-24-14/h5-6,10-12H,1-4,7-9H2,(H,19,20)(H,22,23). The number of allylic oxidation sites excluding steroid dienone is 1. The fraction of sp³-hybridized carbons (Fsp3) is 0.556. The molecule has 4 heterocycles. The first-order chi connectivity index (χ1) is 12.2. The second-order valence-electron chi connectivity index (χ2n) is 7.39. The Bertz CT molecular complexity index is 767. The van der Waals surface area contributed by atoms with Crippen molar-refractivity contribution in [1.82, 2.24) is 14.9 Å². The van der Waals surface area contributed by atoms with Gasteiger partial charge in [0.1, 0.15) is 29.8 Å². The van der Waals surface area contributed by atoms with E-state index in [2.05, 4.69) is 4.98 Å². The number of carboxylic acid groups (broad SMARTS) is 1. The molecule has 1 aromatic rings. The molecule has 3 aliphatic heterocycles. The van der Waals surface area contributed by atoms with Gasteiger partial charge in [-0.05, 0) is 38.0 Å². The van der Waals surface area contributed by atoms with Crippen LogP contribution in [0.2, 0.25) is 0 Å². The van der Waals surface area contributed by atoms with Crippen LogP contribution in [0.1, 0.15) is 49.3 Å². The van der Waals surface area contributed by atoms with Crippen molar-refractivity contribution >= 4 is 11.9 Å². The van der Waals surface area contributed by atoms with E-state index in [0.717, 1.165) is 73.7 Å². The summed E-state index contributed by atoms with van der Waals surface area (Å²) in [5.41, 5.74) is 1.98. The predicted molar refractivity (Wildman–Crippen MR) is 88.2 cm³/mol. The van der Waals surface area contributed by atoms with Gasteiger partial charge in [-0.25, -0.2) is 9.78 Å². The molecule has 0 radical (unpaired) electrons. The number of piperidine rings is 1. The van der Waals surface area contributed by atoms with E-state index in [1.54, 1.807) is 17.4 Å². The van der Waals surface area contributed by atoms with Crippen LogP contribution in [0, 0.1) is 5.92 Å². The lowest BCUT2D eigenvalue weighted by molar-refractivity contribution is 0.0846. The molecule has 0 saturated carbocycles. The van der Waals surface area contributed by atoms with E-state index in [1.807, 2.05) is 0 Å². The third kappa shape index (κ3) is 2.41. The smallest absolute Gasteiger partial charge is 0.407 e. The van der Waals surface area contributed by atoms with Crippen LogP contribution in [0.15, 0.2) is 18.3 Å². The Hall–Kier alpha value is -2.44. The zero-order valence-electron chi connectivity index (χ0n) is 13.9. The molecule has 2 saturated heterocycles. The number of hydrogen-bond donors (Lipinski definition) is 2. The second-order valence-corrected chi connectivity index (χ2v) is 7.39. The monoisotopic (exact) mass is 343 g/mol. The molecule has 2 unspecified atom stereocenters. The van der Waals surface area contributed by atoms with Gasteiger partial charge in [0, 0.05) is 30.6 Å². The number of aryl methyl sites for hydroxylation is 1. The van der Waals surface area contributed by atoms with E-state index in [9.17, 15) is 9.90 Å². The summed E-state index contributed by atoms with van der Waals surface area (Å²) in [6.45, 7) is 0. The first-order valence-corrected chi connectivity index (χ1v) is 9.00. The van der Waals surface area contributed by atoms with E-state index in [0.29, 0.717) is 5.92 Å². The van der Waals surface area contributed by atoms with Crippen molar-refractivity contribution in [2.75, 3.05) is 0 Å². The molecule has 5 rings (SSSR count). The molecular formula is C18H21N3O4. The summed E-state index contributed by atoms with van der Waals surface area (Å²) in [7, 11) is 0. The number of rotatable bonds is 2. The highest BCUT2D eigenvalue weighted by Crippen LogP contribution is 2.40. The van der Waals surface area contributed by atoms with Gasteiger partial charge in [0.25, 0.3) is 0 Å². The second kappa shape index (κ2) is 5.54. The van der Waals surface area contributed by atoms with Crippen LogP contribution in [-0.2, 0) is 22.3 Å². The summed E-state index contributed by atoms with van der Waals surface area (Å²) < 4.78 is 11.1. The average molecular weight is 343 g/mol. The van der Waals surface area contributed by atoms with Crippen molar-refractivity contribution in [3.8, 4) is 0 Å². The Kier molecular flexibility index (Phi) is 3.29. The van der Waals surface area contributed by atoms with Crippen molar-refractivity contribution in [3.63, 3.8) is 0 Å². The highest BCUT2D eigenvalue weighted by molar-refractivity contribution is 5.66. The van der Waals surface area contributed by atoms with Crippen LogP contribution in [0.25, 0.3) is 5.76 Å². The van der Waals surface area contributed by atoms with Crippen LogP contribution in [0.3, 0.4) is 0 Å². The molecule has 4 aliphatic rings. The van der Waals surface area contributed by atoms with Crippen LogP contribution in [0.5, 0.6) is 0 Å². The number of hydrogen-bond acceptors (Lipinski definition) is 4. The molecule has 7 nitrogen and oxygen atoms in total. The number of aromatic amines is 1. The zero-order valence-corrected chi connectivity index (χ0v) is 13.9. The van der Waals surface area contributed by atoms with Gasteiger partial charge in [0.15, 0.2) is 5.76 Å². The lowest BCUT2D eigenvalue weighted by Crippen LogP contribution is -2.46. The Morgan fingerprint density at radius 1 is 1.24 bits per heavy atom. The van der Waals surface area contributed by atoms with Crippen molar-refractivity contribution in [2.45, 2.75) is 57.0 Å². The van der Waals surface area contributed by atoms with E-state index >= 15 is 0 Å². The van der Waals surface area contributed by atoms with Gasteiger partial charge < -0.3 is 24.5 Å². The summed E-state index contributed by atoms with van der Waals surface area (Å²) >= 11 is 0.